The van der Waals surface area contributed by atoms with E-state index in [4.69, 9.17) is 13.9 Å². The summed E-state index contributed by atoms with van der Waals surface area (Å²) in [4.78, 5) is 29.6. The zero-order chi connectivity index (χ0) is 33.0. The normalized spacial score (nSPS) is 22.2. The van der Waals surface area contributed by atoms with Gasteiger partial charge in [0.15, 0.2) is 0 Å². The van der Waals surface area contributed by atoms with Crippen molar-refractivity contribution in [3.63, 3.8) is 0 Å². The van der Waals surface area contributed by atoms with Gasteiger partial charge in [-0.3, -0.25) is 14.5 Å². The van der Waals surface area contributed by atoms with E-state index >= 15 is 0 Å². The minimum absolute atomic E-state index is 0.133. The van der Waals surface area contributed by atoms with E-state index in [0.717, 1.165) is 53.3 Å². The molecule has 0 unspecified atom stereocenters. The zero-order valence-electron chi connectivity index (χ0n) is 27.0. The van der Waals surface area contributed by atoms with Crippen molar-refractivity contribution < 1.29 is 28.6 Å². The molecule has 0 saturated carbocycles. The Bertz CT molecular complexity index is 1810. The van der Waals surface area contributed by atoms with Gasteiger partial charge in [0.2, 0.25) is 11.8 Å². The van der Waals surface area contributed by atoms with E-state index in [0.29, 0.717) is 31.1 Å². The summed E-state index contributed by atoms with van der Waals surface area (Å²) in [7, 11) is 0. The molecule has 1 aromatic heterocycles. The molecule has 4 atom stereocenters. The molecule has 1 aliphatic carbocycles. The molecule has 3 heterocycles. The number of aliphatic hydroxyl groups excluding tert-OH is 1. The van der Waals surface area contributed by atoms with E-state index in [-0.39, 0.29) is 30.4 Å². The lowest BCUT2D eigenvalue weighted by Crippen LogP contribution is -2.35. The highest BCUT2D eigenvalue weighted by molar-refractivity contribution is 6.22. The van der Waals surface area contributed by atoms with E-state index in [9.17, 15) is 14.7 Å². The molecule has 0 radical (unpaired) electrons. The Balaban J connectivity index is 1.12. The molecule has 2 N–H and O–H groups in total. The largest absolute Gasteiger partial charge is 0.489 e. The first-order chi connectivity index (χ1) is 23.5. The van der Waals surface area contributed by atoms with Crippen LogP contribution in [0.2, 0.25) is 0 Å². The molecular weight excluding hydrogens is 604 g/mol. The van der Waals surface area contributed by atoms with E-state index < -0.39 is 11.8 Å². The van der Waals surface area contributed by atoms with Gasteiger partial charge in [-0.2, -0.15) is 0 Å². The Morgan fingerprint density at radius 2 is 1.65 bits per heavy atom. The number of ether oxygens (including phenoxy) is 2. The summed E-state index contributed by atoms with van der Waals surface area (Å²) in [5, 5.41) is 12.7. The number of anilines is 3. The number of benzene rings is 3. The Labute approximate surface area is 280 Å². The number of carbonyl (C=O) groups excluding carboxylic acids is 2. The number of aliphatic hydroxyl groups is 1. The maximum Gasteiger partial charge on any atom is 0.238 e. The molecule has 8 heteroatoms. The number of nitrogens with zero attached hydrogens (tertiary/aromatic N) is 1. The van der Waals surface area contributed by atoms with Crippen molar-refractivity contribution in [1.82, 2.24) is 0 Å². The van der Waals surface area contributed by atoms with Gasteiger partial charge in [-0.1, -0.05) is 48.9 Å². The third-order valence-corrected chi connectivity index (χ3v) is 9.72. The highest BCUT2D eigenvalue weighted by atomic mass is 16.5. The van der Waals surface area contributed by atoms with Crippen molar-refractivity contribution in [3.8, 4) is 5.75 Å². The van der Waals surface area contributed by atoms with Crippen LogP contribution in [0.1, 0.15) is 44.1 Å². The van der Waals surface area contributed by atoms with Gasteiger partial charge >= 0.3 is 0 Å². The summed E-state index contributed by atoms with van der Waals surface area (Å²) in [5.74, 6) is 0.578. The van der Waals surface area contributed by atoms with Crippen LogP contribution >= 0.6 is 0 Å². The standard InChI is InChI=1S/C40H40N2O6/c1-2-26(21-32-18-19-33(23-43)48-32)13-20-36-37-27(24-46-31-11-7-4-8-12-31)22-34-38(35(37)25-47-36)40(45)42(39(34)44)30-16-14-29(15-17-30)41-28-9-5-3-6-10-28/h3-12,14-19,21,34-36,38,41,43H,2,13,20,22-25H2,1H3/b26-21+/t34-,35+,36-,38-/m1/s1. The summed E-state index contributed by atoms with van der Waals surface area (Å²) in [6.07, 6.45) is 4.70. The molecule has 2 saturated heterocycles. The lowest BCUT2D eigenvalue weighted by molar-refractivity contribution is -0.122. The number of fused-ring (bicyclic) bond motifs is 3. The maximum atomic E-state index is 14.1. The summed E-state index contributed by atoms with van der Waals surface area (Å²) in [6, 6.07) is 30.7. The first-order valence-electron chi connectivity index (χ1n) is 16.7. The van der Waals surface area contributed by atoms with Crippen molar-refractivity contribution in [2.24, 2.45) is 17.8 Å². The number of rotatable bonds is 12. The average molecular weight is 645 g/mol. The number of imide groups is 1. The number of amides is 2. The number of carbonyl (C=O) groups is 2. The van der Waals surface area contributed by atoms with Gasteiger partial charge in [-0.25, -0.2) is 0 Å². The number of furan rings is 1. The fourth-order valence-electron chi connectivity index (χ4n) is 7.35. The Morgan fingerprint density at radius 1 is 0.917 bits per heavy atom. The summed E-state index contributed by atoms with van der Waals surface area (Å²) in [5.41, 5.74) is 5.80. The van der Waals surface area contributed by atoms with E-state index in [1.807, 2.05) is 97.1 Å². The number of hydrogen-bond donors (Lipinski definition) is 2. The SMILES string of the molecule is CC/C(=C\c1ccc(CO)o1)CC[C@H]1OC[C@H]2C1=C(COc1ccccc1)C[C@H]1C(=O)N(c3ccc(Nc4ccccc4)cc3)C(=O)[C@H]12. The molecule has 2 amide bonds. The average Bonchev–Trinajstić information content (AvgIpc) is 3.83. The Kier molecular flexibility index (Phi) is 9.27. The first kappa shape index (κ1) is 31.7. The fraction of sp³-hybridized carbons (Fsp3) is 0.300. The highest BCUT2D eigenvalue weighted by Crippen LogP contribution is 2.50. The van der Waals surface area contributed by atoms with Crippen molar-refractivity contribution in [3.05, 3.63) is 125 Å². The molecule has 48 heavy (non-hydrogen) atoms. The van der Waals surface area contributed by atoms with Crippen LogP contribution in [0.15, 0.2) is 118 Å². The maximum absolute atomic E-state index is 14.1. The third kappa shape index (κ3) is 6.46. The van der Waals surface area contributed by atoms with E-state index in [1.165, 1.54) is 10.5 Å². The lowest BCUT2D eigenvalue weighted by atomic mass is 9.69. The van der Waals surface area contributed by atoms with Gasteiger partial charge < -0.3 is 24.3 Å². The van der Waals surface area contributed by atoms with Crippen LogP contribution in [0.5, 0.6) is 5.75 Å². The second-order valence-corrected chi connectivity index (χ2v) is 12.6. The molecule has 246 valence electrons. The second-order valence-electron chi connectivity index (χ2n) is 12.6. The lowest BCUT2D eigenvalue weighted by Gasteiger charge is -2.31. The van der Waals surface area contributed by atoms with E-state index in [2.05, 4.69) is 12.2 Å². The van der Waals surface area contributed by atoms with E-state index in [1.54, 1.807) is 6.07 Å². The van der Waals surface area contributed by atoms with Crippen LogP contribution in [0, 0.1) is 17.8 Å². The van der Waals surface area contributed by atoms with Gasteiger partial charge in [0.25, 0.3) is 0 Å². The fourth-order valence-corrected chi connectivity index (χ4v) is 7.35. The third-order valence-electron chi connectivity index (χ3n) is 9.72. The van der Waals surface area contributed by atoms with Gasteiger partial charge in [0.05, 0.1) is 30.2 Å². The predicted molar refractivity (Wildman–Crippen MR) is 185 cm³/mol. The molecule has 0 bridgehead atoms. The summed E-state index contributed by atoms with van der Waals surface area (Å²) < 4.78 is 18.4. The van der Waals surface area contributed by atoms with Crippen LogP contribution in [-0.2, 0) is 20.9 Å². The molecule has 4 aromatic rings. The summed E-state index contributed by atoms with van der Waals surface area (Å²) in [6.45, 7) is 2.72. The number of hydrogen-bond acceptors (Lipinski definition) is 7. The molecule has 8 nitrogen and oxygen atoms in total. The van der Waals surface area contributed by atoms with Crippen molar-refractivity contribution in [2.75, 3.05) is 23.4 Å². The van der Waals surface area contributed by atoms with Crippen molar-refractivity contribution in [1.29, 1.82) is 0 Å². The zero-order valence-corrected chi connectivity index (χ0v) is 27.0. The summed E-state index contributed by atoms with van der Waals surface area (Å²) >= 11 is 0. The predicted octanol–water partition coefficient (Wildman–Crippen LogP) is 7.69. The van der Waals surface area contributed by atoms with Crippen LogP contribution in [-0.4, -0.2) is 36.2 Å². The Morgan fingerprint density at radius 3 is 2.35 bits per heavy atom. The smallest absolute Gasteiger partial charge is 0.238 e. The number of nitrogens with one attached hydrogen (secondary N) is 1. The molecule has 3 aromatic carbocycles. The minimum Gasteiger partial charge on any atom is -0.489 e. The Hall–Kier alpha value is -4.92. The second kappa shape index (κ2) is 14.1. The van der Waals surface area contributed by atoms with Crippen LogP contribution < -0.4 is 15.0 Å². The number of para-hydroxylation sites is 2. The topological polar surface area (TPSA) is 101 Å². The van der Waals surface area contributed by atoms with Crippen molar-refractivity contribution >= 4 is 35.0 Å². The quantitative estimate of drug-likeness (QED) is 0.120. The highest BCUT2D eigenvalue weighted by Gasteiger charge is 2.57. The minimum atomic E-state index is -0.471. The molecule has 0 spiro atoms. The molecular formula is C40H40N2O6. The van der Waals surface area contributed by atoms with Crippen LogP contribution in [0.4, 0.5) is 17.1 Å². The molecule has 3 aliphatic rings. The molecule has 2 fully saturated rings. The number of allylic oxidation sites excluding steroid dienone is 1. The molecule has 7 rings (SSSR count). The van der Waals surface area contributed by atoms with Crippen LogP contribution in [0.25, 0.3) is 6.08 Å². The van der Waals surface area contributed by atoms with Gasteiger partial charge in [0, 0.05) is 17.3 Å². The van der Waals surface area contributed by atoms with Gasteiger partial charge in [-0.15, -0.1) is 0 Å². The molecule has 2 aliphatic heterocycles. The van der Waals surface area contributed by atoms with Crippen molar-refractivity contribution in [2.45, 2.75) is 45.3 Å². The van der Waals surface area contributed by atoms with Gasteiger partial charge in [-0.05, 0) is 104 Å². The van der Waals surface area contributed by atoms with Gasteiger partial charge in [0.1, 0.15) is 30.5 Å². The first-order valence-corrected chi connectivity index (χ1v) is 16.7. The monoisotopic (exact) mass is 644 g/mol. The van der Waals surface area contributed by atoms with Crippen LogP contribution in [0.3, 0.4) is 0 Å².